The molecule has 0 aromatic carbocycles. The van der Waals surface area contributed by atoms with E-state index in [2.05, 4.69) is 18.7 Å². The minimum atomic E-state index is 0.767. The number of nitrogens with zero attached hydrogens (tertiary/aromatic N) is 1. The van der Waals surface area contributed by atoms with Crippen LogP contribution < -0.4 is 0 Å². The second-order valence-corrected chi connectivity index (χ2v) is 6.13. The highest BCUT2D eigenvalue weighted by molar-refractivity contribution is 5.08. The second kappa shape index (κ2) is 2.98. The quantitative estimate of drug-likeness (QED) is 0.619. The van der Waals surface area contributed by atoms with E-state index < -0.39 is 0 Å². The van der Waals surface area contributed by atoms with Gasteiger partial charge in [0, 0.05) is 6.04 Å². The van der Waals surface area contributed by atoms with Gasteiger partial charge in [-0.05, 0) is 76.3 Å². The lowest BCUT2D eigenvalue weighted by Gasteiger charge is -2.42. The average Bonchev–Trinajstić information content (AvgIpc) is 2.89. The summed E-state index contributed by atoms with van der Waals surface area (Å²) in [5.41, 5.74) is 0.829. The van der Waals surface area contributed by atoms with Gasteiger partial charge in [-0.1, -0.05) is 0 Å². The van der Waals surface area contributed by atoms with Crippen molar-refractivity contribution in [2.24, 2.45) is 17.3 Å². The third-order valence-corrected chi connectivity index (χ3v) is 5.25. The Balaban J connectivity index is 1.65. The van der Waals surface area contributed by atoms with Gasteiger partial charge in [0.15, 0.2) is 0 Å². The Morgan fingerprint density at radius 2 is 1.86 bits per heavy atom. The first-order valence-corrected chi connectivity index (χ1v) is 6.45. The zero-order valence-corrected chi connectivity index (χ0v) is 9.63. The van der Waals surface area contributed by atoms with Gasteiger partial charge in [-0.15, -0.1) is 0 Å². The highest BCUT2D eigenvalue weighted by Gasteiger charge is 2.57. The fourth-order valence-corrected chi connectivity index (χ4v) is 4.08. The summed E-state index contributed by atoms with van der Waals surface area (Å²) in [6.45, 7) is 7.43. The number of rotatable bonds is 1. The summed E-state index contributed by atoms with van der Waals surface area (Å²) in [7, 11) is 0. The van der Waals surface area contributed by atoms with Gasteiger partial charge in [0.25, 0.3) is 0 Å². The monoisotopic (exact) mass is 193 g/mol. The molecule has 14 heavy (non-hydrogen) atoms. The first-order valence-electron chi connectivity index (χ1n) is 6.45. The molecule has 0 amide bonds. The Bertz CT molecular complexity index is 225. The summed E-state index contributed by atoms with van der Waals surface area (Å²) < 4.78 is 0. The predicted octanol–water partition coefficient (Wildman–Crippen LogP) is 2.91. The van der Waals surface area contributed by atoms with Gasteiger partial charge in [0.2, 0.25) is 0 Å². The molecular weight excluding hydrogens is 170 g/mol. The molecule has 1 saturated heterocycles. The van der Waals surface area contributed by atoms with Crippen molar-refractivity contribution < 1.29 is 0 Å². The molecule has 0 aromatic rings. The van der Waals surface area contributed by atoms with Crippen molar-refractivity contribution in [3.63, 3.8) is 0 Å². The largest absolute Gasteiger partial charge is 0.301 e. The zero-order valence-electron chi connectivity index (χ0n) is 9.63. The van der Waals surface area contributed by atoms with Crippen LogP contribution in [0.3, 0.4) is 0 Å². The summed E-state index contributed by atoms with van der Waals surface area (Å²) in [6, 6.07) is 0.767. The summed E-state index contributed by atoms with van der Waals surface area (Å²) in [6.07, 6.45) is 7.72. The van der Waals surface area contributed by atoms with Gasteiger partial charge >= 0.3 is 0 Å². The van der Waals surface area contributed by atoms with Crippen LogP contribution in [0.2, 0.25) is 0 Å². The molecule has 3 aliphatic rings. The van der Waals surface area contributed by atoms with Crippen LogP contribution in [0, 0.1) is 17.3 Å². The Kier molecular flexibility index (Phi) is 1.96. The minimum Gasteiger partial charge on any atom is -0.301 e. The number of fused-ring (bicyclic) bond motifs is 2. The molecule has 2 atom stereocenters. The van der Waals surface area contributed by atoms with Crippen LogP contribution in [-0.4, -0.2) is 24.0 Å². The van der Waals surface area contributed by atoms with Crippen LogP contribution in [0.15, 0.2) is 0 Å². The van der Waals surface area contributed by atoms with Crippen molar-refractivity contribution in [2.45, 2.75) is 52.0 Å². The van der Waals surface area contributed by atoms with Gasteiger partial charge in [-0.2, -0.15) is 0 Å². The highest BCUT2D eigenvalue weighted by Crippen LogP contribution is 2.65. The van der Waals surface area contributed by atoms with Crippen molar-refractivity contribution in [2.75, 3.05) is 13.1 Å². The van der Waals surface area contributed by atoms with E-state index in [1.165, 1.54) is 31.8 Å². The third kappa shape index (κ3) is 1.25. The molecule has 0 bridgehead atoms. The van der Waals surface area contributed by atoms with Crippen molar-refractivity contribution in [3.05, 3.63) is 0 Å². The lowest BCUT2D eigenvalue weighted by Crippen LogP contribution is -2.43. The molecule has 0 radical (unpaired) electrons. The number of likely N-dealkylation sites (tertiary alicyclic amines) is 1. The predicted molar refractivity (Wildman–Crippen MR) is 59.2 cm³/mol. The van der Waals surface area contributed by atoms with Crippen molar-refractivity contribution >= 4 is 0 Å². The third-order valence-electron chi connectivity index (χ3n) is 5.25. The zero-order chi connectivity index (χ0) is 9.76. The smallest absolute Gasteiger partial charge is 0.00385 e. The molecule has 2 aliphatic carbocycles. The summed E-state index contributed by atoms with van der Waals surface area (Å²) >= 11 is 0. The molecular formula is C13H23N. The van der Waals surface area contributed by atoms with Gasteiger partial charge in [0.1, 0.15) is 0 Å². The molecule has 1 nitrogen and oxygen atoms in total. The van der Waals surface area contributed by atoms with E-state index in [1.54, 1.807) is 19.3 Å². The number of piperidine rings is 1. The fraction of sp³-hybridized carbons (Fsp3) is 1.00. The minimum absolute atomic E-state index is 0.767. The standard InChI is InChI=1S/C13H23N/c1-10(2)14-7-5-13(6-8-14)4-3-11-9-12(11)13/h10-12H,3-9H2,1-2H3. The highest BCUT2D eigenvalue weighted by atomic mass is 15.2. The molecule has 1 heteroatoms. The molecule has 2 unspecified atom stereocenters. The van der Waals surface area contributed by atoms with Crippen LogP contribution in [0.4, 0.5) is 0 Å². The molecule has 1 heterocycles. The van der Waals surface area contributed by atoms with Crippen LogP contribution in [0.1, 0.15) is 46.0 Å². The normalized spacial score (nSPS) is 40.5. The molecule has 0 N–H and O–H groups in total. The van der Waals surface area contributed by atoms with Gasteiger partial charge in [0.05, 0.1) is 0 Å². The number of hydrogen-bond donors (Lipinski definition) is 0. The van der Waals surface area contributed by atoms with Crippen LogP contribution in [0.5, 0.6) is 0 Å². The summed E-state index contributed by atoms with van der Waals surface area (Å²) in [5, 5.41) is 0. The Labute approximate surface area is 87.9 Å². The molecule has 1 spiro atoms. The Morgan fingerprint density at radius 1 is 1.14 bits per heavy atom. The molecule has 3 fully saturated rings. The molecule has 1 aliphatic heterocycles. The van der Waals surface area contributed by atoms with E-state index in [0.29, 0.717) is 0 Å². The Morgan fingerprint density at radius 3 is 2.29 bits per heavy atom. The van der Waals surface area contributed by atoms with E-state index in [9.17, 15) is 0 Å². The lowest BCUT2D eigenvalue weighted by atomic mass is 9.74. The van der Waals surface area contributed by atoms with Crippen LogP contribution >= 0.6 is 0 Å². The topological polar surface area (TPSA) is 3.24 Å². The second-order valence-electron chi connectivity index (χ2n) is 6.13. The van der Waals surface area contributed by atoms with Crippen LogP contribution in [-0.2, 0) is 0 Å². The first kappa shape index (κ1) is 9.21. The number of hydrogen-bond acceptors (Lipinski definition) is 1. The van der Waals surface area contributed by atoms with Crippen molar-refractivity contribution in [1.29, 1.82) is 0 Å². The van der Waals surface area contributed by atoms with Gasteiger partial charge in [-0.25, -0.2) is 0 Å². The van der Waals surface area contributed by atoms with Crippen molar-refractivity contribution in [3.8, 4) is 0 Å². The Hall–Kier alpha value is -0.0400. The van der Waals surface area contributed by atoms with E-state index in [4.69, 9.17) is 0 Å². The maximum absolute atomic E-state index is 2.67. The molecule has 0 aromatic heterocycles. The maximum Gasteiger partial charge on any atom is 0.00385 e. The average molecular weight is 193 g/mol. The van der Waals surface area contributed by atoms with E-state index in [1.807, 2.05) is 0 Å². The molecule has 2 saturated carbocycles. The maximum atomic E-state index is 2.67. The van der Waals surface area contributed by atoms with E-state index >= 15 is 0 Å². The molecule has 80 valence electrons. The first-order chi connectivity index (χ1) is 6.71. The summed E-state index contributed by atoms with van der Waals surface area (Å²) in [4.78, 5) is 2.67. The van der Waals surface area contributed by atoms with E-state index in [0.717, 1.165) is 17.4 Å². The lowest BCUT2D eigenvalue weighted by molar-refractivity contribution is 0.0710. The fourth-order valence-electron chi connectivity index (χ4n) is 4.08. The van der Waals surface area contributed by atoms with E-state index in [-0.39, 0.29) is 0 Å². The van der Waals surface area contributed by atoms with Gasteiger partial charge < -0.3 is 4.90 Å². The SMILES string of the molecule is CC(C)N1CCC2(CCC3CC32)CC1. The molecule has 3 rings (SSSR count). The van der Waals surface area contributed by atoms with Gasteiger partial charge in [-0.3, -0.25) is 0 Å². The van der Waals surface area contributed by atoms with Crippen molar-refractivity contribution in [1.82, 2.24) is 4.90 Å². The summed E-state index contributed by atoms with van der Waals surface area (Å²) in [5.74, 6) is 2.33. The van der Waals surface area contributed by atoms with Crippen LogP contribution in [0.25, 0.3) is 0 Å².